The average molecular weight is 262 g/mol. The fourth-order valence-corrected chi connectivity index (χ4v) is 2.58. The average Bonchev–Trinajstić information content (AvgIpc) is 2.41. The number of nitrogens with zero attached hydrogens (tertiary/aromatic N) is 1. The van der Waals surface area contributed by atoms with Crippen LogP contribution in [0.5, 0.6) is 0 Å². The Hall–Kier alpha value is -1.06. The number of methoxy groups -OCH3 is 1. The van der Waals surface area contributed by atoms with Crippen LogP contribution in [0.2, 0.25) is 0 Å². The zero-order valence-electron chi connectivity index (χ0n) is 12.4. The predicted molar refractivity (Wildman–Crippen MR) is 80.5 cm³/mol. The number of para-hydroxylation sites is 1. The Morgan fingerprint density at radius 3 is 2.53 bits per heavy atom. The van der Waals surface area contributed by atoms with E-state index in [0.29, 0.717) is 12.1 Å². The molecule has 1 aromatic rings. The molecule has 0 radical (unpaired) electrons. The van der Waals surface area contributed by atoms with Gasteiger partial charge >= 0.3 is 0 Å². The van der Waals surface area contributed by atoms with Gasteiger partial charge in [0.1, 0.15) is 0 Å². The molecule has 1 aliphatic carbocycles. The lowest BCUT2D eigenvalue weighted by Crippen LogP contribution is -2.40. The molecule has 0 unspecified atom stereocenters. The maximum absolute atomic E-state index is 5.34. The number of hydrogen-bond acceptors (Lipinski definition) is 3. The van der Waals surface area contributed by atoms with E-state index in [1.165, 1.54) is 11.3 Å². The summed E-state index contributed by atoms with van der Waals surface area (Å²) in [6.45, 7) is 7.65. The quantitative estimate of drug-likeness (QED) is 0.817. The van der Waals surface area contributed by atoms with E-state index in [0.717, 1.165) is 32.5 Å². The van der Waals surface area contributed by atoms with Crippen molar-refractivity contribution < 1.29 is 4.74 Å². The predicted octanol–water partition coefficient (Wildman–Crippen LogP) is 3.12. The maximum Gasteiger partial charge on any atom is 0.0610 e. The first-order chi connectivity index (χ1) is 9.26. The van der Waals surface area contributed by atoms with Gasteiger partial charge in [-0.1, -0.05) is 32.0 Å². The van der Waals surface area contributed by atoms with E-state index < -0.39 is 0 Å². The first-order valence-electron chi connectivity index (χ1n) is 7.36. The lowest BCUT2D eigenvalue weighted by Gasteiger charge is -2.36. The van der Waals surface area contributed by atoms with Crippen LogP contribution in [-0.4, -0.2) is 37.2 Å². The molecule has 3 nitrogen and oxygen atoms in total. The highest BCUT2D eigenvalue weighted by Crippen LogP contribution is 2.28. The first kappa shape index (κ1) is 14.4. The van der Waals surface area contributed by atoms with Crippen LogP contribution in [0.1, 0.15) is 32.3 Å². The Labute approximate surface area is 116 Å². The molecule has 3 heteroatoms. The molecule has 1 N–H and O–H groups in total. The van der Waals surface area contributed by atoms with E-state index in [1.807, 2.05) is 0 Å². The second-order valence-corrected chi connectivity index (χ2v) is 5.29. The van der Waals surface area contributed by atoms with Gasteiger partial charge in [0, 0.05) is 25.4 Å². The van der Waals surface area contributed by atoms with E-state index >= 15 is 0 Å². The molecule has 1 fully saturated rings. The second-order valence-electron chi connectivity index (χ2n) is 5.29. The lowest BCUT2D eigenvalue weighted by atomic mass is 9.89. The van der Waals surface area contributed by atoms with Gasteiger partial charge in [-0.3, -0.25) is 4.90 Å². The summed E-state index contributed by atoms with van der Waals surface area (Å²) in [4.78, 5) is 2.44. The number of hydrogen-bond donors (Lipinski definition) is 1. The van der Waals surface area contributed by atoms with Crippen molar-refractivity contribution in [2.24, 2.45) is 0 Å². The van der Waals surface area contributed by atoms with Crippen molar-refractivity contribution in [3.8, 4) is 0 Å². The minimum Gasteiger partial charge on any atom is -0.382 e. The summed E-state index contributed by atoms with van der Waals surface area (Å²) in [5.41, 5.74) is 2.68. The van der Waals surface area contributed by atoms with Gasteiger partial charge in [-0.05, 0) is 37.6 Å². The highest BCUT2D eigenvalue weighted by molar-refractivity contribution is 5.52. The van der Waals surface area contributed by atoms with Gasteiger partial charge in [0.25, 0.3) is 0 Å². The van der Waals surface area contributed by atoms with Crippen molar-refractivity contribution in [2.45, 2.75) is 45.4 Å². The highest BCUT2D eigenvalue weighted by atomic mass is 16.5. The van der Waals surface area contributed by atoms with E-state index in [9.17, 15) is 0 Å². The summed E-state index contributed by atoms with van der Waals surface area (Å²) in [6, 6.07) is 9.23. The summed E-state index contributed by atoms with van der Waals surface area (Å²) in [7, 11) is 1.80. The molecule has 0 aliphatic heterocycles. The molecular weight excluding hydrogens is 236 g/mol. The molecule has 1 saturated carbocycles. The van der Waals surface area contributed by atoms with Gasteiger partial charge in [-0.15, -0.1) is 0 Å². The summed E-state index contributed by atoms with van der Waals surface area (Å²) >= 11 is 0. The van der Waals surface area contributed by atoms with E-state index in [1.54, 1.807) is 7.11 Å². The monoisotopic (exact) mass is 262 g/mol. The van der Waals surface area contributed by atoms with Crippen molar-refractivity contribution in [3.63, 3.8) is 0 Å². The fraction of sp³-hybridized carbons (Fsp3) is 0.625. The minimum absolute atomic E-state index is 0.451. The Balaban J connectivity index is 1.96. The van der Waals surface area contributed by atoms with Gasteiger partial charge in [-0.2, -0.15) is 0 Å². The van der Waals surface area contributed by atoms with Crippen LogP contribution in [0.25, 0.3) is 0 Å². The summed E-state index contributed by atoms with van der Waals surface area (Å²) in [5.74, 6) is 0. The van der Waals surface area contributed by atoms with E-state index in [-0.39, 0.29) is 0 Å². The Bertz CT molecular complexity index is 384. The molecular formula is C16H26N2O. The van der Waals surface area contributed by atoms with Crippen molar-refractivity contribution in [3.05, 3.63) is 29.8 Å². The van der Waals surface area contributed by atoms with Crippen LogP contribution in [0.15, 0.2) is 24.3 Å². The SMILES string of the molecule is CCN(CC)Cc1ccccc1NC1CC(OC)C1. The molecule has 0 atom stereocenters. The summed E-state index contributed by atoms with van der Waals surface area (Å²) < 4.78 is 5.34. The molecule has 106 valence electrons. The number of benzene rings is 1. The second kappa shape index (κ2) is 6.92. The third-order valence-corrected chi connectivity index (χ3v) is 4.09. The Morgan fingerprint density at radius 1 is 1.21 bits per heavy atom. The molecule has 0 saturated heterocycles. The topological polar surface area (TPSA) is 24.5 Å². The standard InChI is InChI=1S/C16H26N2O/c1-4-18(5-2)12-13-8-6-7-9-16(13)17-14-10-15(11-14)19-3/h6-9,14-15,17H,4-5,10-12H2,1-3H3. The molecule has 0 amide bonds. The minimum atomic E-state index is 0.451. The van der Waals surface area contributed by atoms with Crippen molar-refractivity contribution in [1.29, 1.82) is 0 Å². The molecule has 2 rings (SSSR count). The zero-order chi connectivity index (χ0) is 13.7. The van der Waals surface area contributed by atoms with Crippen molar-refractivity contribution in [2.75, 3.05) is 25.5 Å². The van der Waals surface area contributed by atoms with Crippen molar-refractivity contribution >= 4 is 5.69 Å². The summed E-state index contributed by atoms with van der Waals surface area (Å²) in [6.07, 6.45) is 2.69. The molecule has 0 heterocycles. The van der Waals surface area contributed by atoms with Gasteiger partial charge in [0.05, 0.1) is 6.10 Å². The van der Waals surface area contributed by atoms with Gasteiger partial charge in [0.2, 0.25) is 0 Å². The lowest BCUT2D eigenvalue weighted by molar-refractivity contribution is 0.0328. The van der Waals surface area contributed by atoms with E-state index in [2.05, 4.69) is 48.3 Å². The van der Waals surface area contributed by atoms with Crippen LogP contribution < -0.4 is 5.32 Å². The maximum atomic E-state index is 5.34. The van der Waals surface area contributed by atoms with E-state index in [4.69, 9.17) is 4.74 Å². The molecule has 19 heavy (non-hydrogen) atoms. The van der Waals surface area contributed by atoms with Crippen molar-refractivity contribution in [1.82, 2.24) is 4.90 Å². The van der Waals surface area contributed by atoms with Crippen LogP contribution in [-0.2, 0) is 11.3 Å². The first-order valence-corrected chi connectivity index (χ1v) is 7.36. The zero-order valence-corrected chi connectivity index (χ0v) is 12.4. The highest BCUT2D eigenvalue weighted by Gasteiger charge is 2.29. The third kappa shape index (κ3) is 3.71. The normalized spacial score (nSPS) is 22.3. The third-order valence-electron chi connectivity index (χ3n) is 4.09. The number of ether oxygens (including phenoxy) is 1. The van der Waals surface area contributed by atoms with Gasteiger partial charge < -0.3 is 10.1 Å². The van der Waals surface area contributed by atoms with Crippen LogP contribution in [0.3, 0.4) is 0 Å². The number of nitrogens with one attached hydrogen (secondary N) is 1. The smallest absolute Gasteiger partial charge is 0.0610 e. The molecule has 1 aliphatic rings. The van der Waals surface area contributed by atoms with Crippen LogP contribution in [0, 0.1) is 0 Å². The molecule has 0 spiro atoms. The fourth-order valence-electron chi connectivity index (χ4n) is 2.58. The number of rotatable bonds is 7. The van der Waals surface area contributed by atoms with Crippen LogP contribution in [0.4, 0.5) is 5.69 Å². The largest absolute Gasteiger partial charge is 0.382 e. The number of anilines is 1. The molecule has 0 aromatic heterocycles. The van der Waals surface area contributed by atoms with Gasteiger partial charge in [-0.25, -0.2) is 0 Å². The van der Waals surface area contributed by atoms with Gasteiger partial charge in [0.15, 0.2) is 0 Å². The molecule has 1 aromatic carbocycles. The van der Waals surface area contributed by atoms with Crippen LogP contribution >= 0.6 is 0 Å². The Morgan fingerprint density at radius 2 is 1.89 bits per heavy atom. The Kier molecular flexibility index (Phi) is 5.23. The summed E-state index contributed by atoms with van der Waals surface area (Å²) in [5, 5.41) is 3.66. The molecule has 0 bridgehead atoms.